The Kier molecular flexibility index (Phi) is 4.86. The lowest BCUT2D eigenvalue weighted by Crippen LogP contribution is -2.32. The molecule has 2 saturated carbocycles. The number of rotatable bonds is 3. The van der Waals surface area contributed by atoms with Crippen LogP contribution in [0.4, 0.5) is 0 Å². The fourth-order valence-corrected chi connectivity index (χ4v) is 3.27. The van der Waals surface area contributed by atoms with Crippen molar-refractivity contribution in [3.63, 3.8) is 0 Å². The molecule has 0 aliphatic heterocycles. The van der Waals surface area contributed by atoms with Gasteiger partial charge in [0.05, 0.1) is 18.1 Å². The van der Waals surface area contributed by atoms with Gasteiger partial charge in [-0.05, 0) is 43.9 Å². The minimum absolute atomic E-state index is 0.148. The van der Waals surface area contributed by atoms with Crippen molar-refractivity contribution in [2.75, 3.05) is 6.61 Å². The Morgan fingerprint density at radius 1 is 1.12 bits per heavy atom. The summed E-state index contributed by atoms with van der Waals surface area (Å²) in [6.07, 6.45) is 10.3. The van der Waals surface area contributed by atoms with Crippen LogP contribution < -0.4 is 0 Å². The Hall–Kier alpha value is -0.550. The highest BCUT2D eigenvalue weighted by Gasteiger charge is 2.30. The largest absolute Gasteiger partial charge is 0.377 e. The van der Waals surface area contributed by atoms with Gasteiger partial charge in [0.25, 0.3) is 0 Å². The third-order valence-electron chi connectivity index (χ3n) is 4.49. The first-order chi connectivity index (χ1) is 8.29. The molecule has 0 radical (unpaired) electrons. The van der Waals surface area contributed by atoms with Crippen LogP contribution >= 0.6 is 0 Å². The van der Waals surface area contributed by atoms with Crippen LogP contribution in [0.2, 0.25) is 0 Å². The zero-order valence-corrected chi connectivity index (χ0v) is 11.0. The molecule has 2 fully saturated rings. The Bertz CT molecular complexity index is 265. The normalized spacial score (nSPS) is 35.4. The molecular weight excluding hydrogens is 210 g/mol. The molecule has 3 unspecified atom stereocenters. The summed E-state index contributed by atoms with van der Waals surface area (Å²) in [6, 6.07) is 2.44. The molecule has 0 saturated heterocycles. The molecule has 0 spiro atoms. The van der Waals surface area contributed by atoms with E-state index in [2.05, 4.69) is 13.0 Å². The zero-order valence-electron chi connectivity index (χ0n) is 11.0. The summed E-state index contributed by atoms with van der Waals surface area (Å²) in [5, 5.41) is 9.15. The highest BCUT2D eigenvalue weighted by Crippen LogP contribution is 2.32. The topological polar surface area (TPSA) is 33.0 Å². The minimum Gasteiger partial charge on any atom is -0.377 e. The van der Waals surface area contributed by atoms with Crippen LogP contribution in [0.25, 0.3) is 0 Å². The number of nitrogens with zero attached hydrogens (tertiary/aromatic N) is 1. The van der Waals surface area contributed by atoms with Gasteiger partial charge in [-0.2, -0.15) is 5.26 Å². The Balaban J connectivity index is 1.77. The molecule has 0 aromatic carbocycles. The zero-order chi connectivity index (χ0) is 12.1. The smallest absolute Gasteiger partial charge is 0.0735 e. The van der Waals surface area contributed by atoms with Crippen molar-refractivity contribution in [3.05, 3.63) is 0 Å². The van der Waals surface area contributed by atoms with Gasteiger partial charge in [-0.3, -0.25) is 0 Å². The molecule has 0 bridgehead atoms. The first kappa shape index (κ1) is 12.9. The molecule has 96 valence electrons. The summed E-state index contributed by atoms with van der Waals surface area (Å²) in [5.41, 5.74) is 0. The van der Waals surface area contributed by atoms with Gasteiger partial charge in [0.15, 0.2) is 0 Å². The average Bonchev–Trinajstić information content (AvgIpc) is 2.38. The second-order valence-electron chi connectivity index (χ2n) is 6.03. The lowest BCUT2D eigenvalue weighted by Gasteiger charge is -2.32. The lowest BCUT2D eigenvalue weighted by molar-refractivity contribution is -0.0283. The van der Waals surface area contributed by atoms with E-state index in [4.69, 9.17) is 10.00 Å². The number of ether oxygens (including phenoxy) is 1. The molecule has 2 aliphatic rings. The van der Waals surface area contributed by atoms with Crippen LogP contribution in [0, 0.1) is 29.1 Å². The minimum atomic E-state index is 0.148. The Labute approximate surface area is 105 Å². The second kappa shape index (κ2) is 6.40. The van der Waals surface area contributed by atoms with Crippen LogP contribution in [-0.2, 0) is 4.74 Å². The van der Waals surface area contributed by atoms with Crippen molar-refractivity contribution in [1.82, 2.24) is 0 Å². The molecular formula is C15H25NO. The molecule has 17 heavy (non-hydrogen) atoms. The maximum absolute atomic E-state index is 9.15. The molecule has 2 aliphatic carbocycles. The summed E-state index contributed by atoms with van der Waals surface area (Å²) < 4.78 is 6.07. The summed E-state index contributed by atoms with van der Waals surface area (Å²) in [4.78, 5) is 0. The standard InChI is InChI=1S/C15H25NO/c1-12-7-8-14(10-16)15(9-12)17-11-13-5-3-2-4-6-13/h12-15H,2-9,11H2,1H3. The van der Waals surface area contributed by atoms with Crippen molar-refractivity contribution >= 4 is 0 Å². The van der Waals surface area contributed by atoms with Gasteiger partial charge < -0.3 is 4.74 Å². The molecule has 0 heterocycles. The molecule has 2 rings (SSSR count). The molecule has 2 heteroatoms. The maximum atomic E-state index is 9.15. The van der Waals surface area contributed by atoms with Gasteiger partial charge in [0, 0.05) is 6.61 Å². The van der Waals surface area contributed by atoms with Crippen molar-refractivity contribution in [2.24, 2.45) is 17.8 Å². The number of hydrogen-bond acceptors (Lipinski definition) is 2. The maximum Gasteiger partial charge on any atom is 0.0735 e. The predicted molar refractivity (Wildman–Crippen MR) is 68.4 cm³/mol. The van der Waals surface area contributed by atoms with Gasteiger partial charge in [-0.25, -0.2) is 0 Å². The first-order valence-corrected chi connectivity index (χ1v) is 7.31. The van der Waals surface area contributed by atoms with Crippen molar-refractivity contribution in [2.45, 2.75) is 64.4 Å². The molecule has 0 aromatic rings. The van der Waals surface area contributed by atoms with Gasteiger partial charge in [0.2, 0.25) is 0 Å². The van der Waals surface area contributed by atoms with Crippen LogP contribution in [0.15, 0.2) is 0 Å². The van der Waals surface area contributed by atoms with Gasteiger partial charge in [-0.1, -0.05) is 26.2 Å². The average molecular weight is 235 g/mol. The van der Waals surface area contributed by atoms with E-state index in [0.29, 0.717) is 0 Å². The van der Waals surface area contributed by atoms with Crippen LogP contribution in [0.1, 0.15) is 58.3 Å². The van der Waals surface area contributed by atoms with Gasteiger partial charge in [0.1, 0.15) is 0 Å². The first-order valence-electron chi connectivity index (χ1n) is 7.31. The van der Waals surface area contributed by atoms with Crippen molar-refractivity contribution in [3.8, 4) is 6.07 Å². The fourth-order valence-electron chi connectivity index (χ4n) is 3.27. The van der Waals surface area contributed by atoms with E-state index in [1.165, 1.54) is 38.5 Å². The predicted octanol–water partition coefficient (Wildman–Crippen LogP) is 3.91. The lowest BCUT2D eigenvalue weighted by atomic mass is 9.81. The summed E-state index contributed by atoms with van der Waals surface area (Å²) >= 11 is 0. The highest BCUT2D eigenvalue weighted by molar-refractivity contribution is 4.93. The van der Waals surface area contributed by atoms with E-state index in [1.54, 1.807) is 0 Å². The SMILES string of the molecule is CC1CCC(C#N)C(OCC2CCCCC2)C1. The van der Waals surface area contributed by atoms with E-state index in [-0.39, 0.29) is 12.0 Å². The Morgan fingerprint density at radius 2 is 1.88 bits per heavy atom. The quantitative estimate of drug-likeness (QED) is 0.743. The van der Waals surface area contributed by atoms with Crippen LogP contribution in [-0.4, -0.2) is 12.7 Å². The van der Waals surface area contributed by atoms with Crippen LogP contribution in [0.3, 0.4) is 0 Å². The van der Waals surface area contributed by atoms with Gasteiger partial charge >= 0.3 is 0 Å². The molecule has 0 aromatic heterocycles. The summed E-state index contributed by atoms with van der Waals surface area (Å²) in [6.45, 7) is 3.18. The highest BCUT2D eigenvalue weighted by atomic mass is 16.5. The van der Waals surface area contributed by atoms with E-state index >= 15 is 0 Å². The van der Waals surface area contributed by atoms with Crippen molar-refractivity contribution in [1.29, 1.82) is 5.26 Å². The Morgan fingerprint density at radius 3 is 2.59 bits per heavy atom. The monoisotopic (exact) mass is 235 g/mol. The summed E-state index contributed by atoms with van der Waals surface area (Å²) in [5.74, 6) is 1.64. The fraction of sp³-hybridized carbons (Fsp3) is 0.933. The third kappa shape index (κ3) is 3.71. The second-order valence-corrected chi connectivity index (χ2v) is 6.03. The van der Waals surface area contributed by atoms with Gasteiger partial charge in [-0.15, -0.1) is 0 Å². The molecule has 2 nitrogen and oxygen atoms in total. The molecule has 0 amide bonds. The third-order valence-corrected chi connectivity index (χ3v) is 4.49. The van der Waals surface area contributed by atoms with Crippen molar-refractivity contribution < 1.29 is 4.74 Å². The number of nitriles is 1. The van der Waals surface area contributed by atoms with Crippen LogP contribution in [0.5, 0.6) is 0 Å². The van der Waals surface area contributed by atoms with E-state index in [1.807, 2.05) is 0 Å². The number of hydrogen-bond donors (Lipinski definition) is 0. The van der Waals surface area contributed by atoms with E-state index < -0.39 is 0 Å². The summed E-state index contributed by atoms with van der Waals surface area (Å²) in [7, 11) is 0. The molecule has 3 atom stereocenters. The molecule has 0 N–H and O–H groups in total. The van der Waals surface area contributed by atoms with E-state index in [0.717, 1.165) is 31.3 Å². The van der Waals surface area contributed by atoms with E-state index in [9.17, 15) is 0 Å².